The topological polar surface area (TPSA) is 23.5 Å². The normalized spacial score (nSPS) is 34.9. The molecular weight excluding hydrogens is 210 g/mol. The van der Waals surface area contributed by atoms with Crippen LogP contribution in [-0.4, -0.2) is 35.2 Å². The van der Waals surface area contributed by atoms with Crippen molar-refractivity contribution in [3.05, 3.63) is 23.3 Å². The Labute approximate surface area is 104 Å². The van der Waals surface area contributed by atoms with Gasteiger partial charge in [0.05, 0.1) is 6.10 Å². The van der Waals surface area contributed by atoms with Crippen LogP contribution in [0, 0.1) is 0 Å². The second-order valence-corrected chi connectivity index (χ2v) is 5.73. The minimum absolute atomic E-state index is 0.127. The molecule has 2 nitrogen and oxygen atoms in total. The molecule has 1 aliphatic heterocycles. The van der Waals surface area contributed by atoms with Crippen molar-refractivity contribution in [3.8, 4) is 0 Å². The van der Waals surface area contributed by atoms with Gasteiger partial charge >= 0.3 is 0 Å². The van der Waals surface area contributed by atoms with Crippen LogP contribution in [0.5, 0.6) is 0 Å². The zero-order valence-corrected chi connectivity index (χ0v) is 10.6. The van der Waals surface area contributed by atoms with Gasteiger partial charge in [0.25, 0.3) is 0 Å². The van der Waals surface area contributed by atoms with Gasteiger partial charge in [-0.25, -0.2) is 0 Å². The van der Waals surface area contributed by atoms with Crippen molar-refractivity contribution in [2.45, 2.75) is 57.1 Å². The number of hydrogen-bond acceptors (Lipinski definition) is 2. The predicted molar refractivity (Wildman–Crippen MR) is 69.9 cm³/mol. The van der Waals surface area contributed by atoms with Gasteiger partial charge in [0.1, 0.15) is 0 Å². The van der Waals surface area contributed by atoms with E-state index in [0.717, 1.165) is 25.7 Å². The van der Waals surface area contributed by atoms with E-state index in [4.69, 9.17) is 0 Å². The fraction of sp³-hybridized carbons (Fsp3) is 0.733. The number of likely N-dealkylation sites (tertiary alicyclic amines) is 1. The quantitative estimate of drug-likeness (QED) is 0.704. The van der Waals surface area contributed by atoms with Gasteiger partial charge in [0.15, 0.2) is 0 Å². The van der Waals surface area contributed by atoms with E-state index in [0.29, 0.717) is 6.04 Å². The molecule has 94 valence electrons. The SMILES string of the molecule is OC1CC2=C(CC=CC2)CC1N1CCCCC1. The fourth-order valence-electron chi connectivity index (χ4n) is 3.59. The molecule has 0 aromatic heterocycles. The third kappa shape index (κ3) is 2.34. The van der Waals surface area contributed by atoms with Crippen molar-refractivity contribution >= 4 is 0 Å². The van der Waals surface area contributed by atoms with E-state index in [9.17, 15) is 5.11 Å². The standard InChI is InChI=1S/C15H23NO/c17-15-11-13-7-3-2-6-12(13)10-14(15)16-8-4-1-5-9-16/h2-3,14-15,17H,1,4-11H2. The maximum atomic E-state index is 10.4. The second kappa shape index (κ2) is 4.95. The van der Waals surface area contributed by atoms with Gasteiger partial charge in [-0.1, -0.05) is 29.7 Å². The summed E-state index contributed by atoms with van der Waals surface area (Å²) in [7, 11) is 0. The van der Waals surface area contributed by atoms with Crippen LogP contribution in [-0.2, 0) is 0 Å². The highest BCUT2D eigenvalue weighted by Gasteiger charge is 2.33. The third-order valence-electron chi connectivity index (χ3n) is 4.61. The lowest BCUT2D eigenvalue weighted by Gasteiger charge is -2.41. The van der Waals surface area contributed by atoms with Crippen LogP contribution in [0.1, 0.15) is 44.9 Å². The summed E-state index contributed by atoms with van der Waals surface area (Å²) >= 11 is 0. The fourth-order valence-corrected chi connectivity index (χ4v) is 3.59. The molecule has 1 heterocycles. The van der Waals surface area contributed by atoms with E-state index >= 15 is 0 Å². The van der Waals surface area contributed by atoms with Crippen molar-refractivity contribution in [2.75, 3.05) is 13.1 Å². The molecule has 2 aliphatic carbocycles. The maximum absolute atomic E-state index is 10.4. The van der Waals surface area contributed by atoms with Crippen molar-refractivity contribution < 1.29 is 5.11 Å². The minimum Gasteiger partial charge on any atom is -0.391 e. The number of hydrogen-bond donors (Lipinski definition) is 1. The summed E-state index contributed by atoms with van der Waals surface area (Å²) in [6.07, 6.45) is 12.7. The Morgan fingerprint density at radius 1 is 0.941 bits per heavy atom. The average Bonchev–Trinajstić information content (AvgIpc) is 2.39. The molecule has 0 bridgehead atoms. The van der Waals surface area contributed by atoms with Gasteiger partial charge in [-0.3, -0.25) is 4.90 Å². The molecule has 0 amide bonds. The van der Waals surface area contributed by atoms with Gasteiger partial charge in [0.2, 0.25) is 0 Å². The number of rotatable bonds is 1. The first-order valence-corrected chi connectivity index (χ1v) is 7.11. The highest BCUT2D eigenvalue weighted by Crippen LogP contribution is 2.35. The first-order valence-electron chi connectivity index (χ1n) is 7.11. The highest BCUT2D eigenvalue weighted by atomic mass is 16.3. The van der Waals surface area contributed by atoms with Crippen LogP contribution < -0.4 is 0 Å². The molecule has 3 rings (SSSR count). The number of aliphatic hydroxyl groups is 1. The van der Waals surface area contributed by atoms with Crippen LogP contribution in [0.2, 0.25) is 0 Å². The molecule has 1 saturated heterocycles. The molecular formula is C15H23NO. The lowest BCUT2D eigenvalue weighted by atomic mass is 9.80. The lowest BCUT2D eigenvalue weighted by molar-refractivity contribution is 0.0318. The smallest absolute Gasteiger partial charge is 0.0735 e. The largest absolute Gasteiger partial charge is 0.391 e. The lowest BCUT2D eigenvalue weighted by Crippen LogP contribution is -2.48. The number of nitrogens with zero attached hydrogens (tertiary/aromatic N) is 1. The first-order chi connectivity index (χ1) is 8.34. The van der Waals surface area contributed by atoms with Crippen molar-refractivity contribution in [1.82, 2.24) is 4.90 Å². The summed E-state index contributed by atoms with van der Waals surface area (Å²) in [4.78, 5) is 2.54. The maximum Gasteiger partial charge on any atom is 0.0735 e. The Kier molecular flexibility index (Phi) is 3.34. The molecule has 1 fully saturated rings. The summed E-state index contributed by atoms with van der Waals surface area (Å²) < 4.78 is 0. The van der Waals surface area contributed by atoms with Gasteiger partial charge < -0.3 is 5.11 Å². The first kappa shape index (κ1) is 11.5. The van der Waals surface area contributed by atoms with Crippen molar-refractivity contribution in [2.24, 2.45) is 0 Å². The van der Waals surface area contributed by atoms with Crippen LogP contribution in [0.15, 0.2) is 23.3 Å². The molecule has 2 unspecified atom stereocenters. The molecule has 1 N–H and O–H groups in total. The van der Waals surface area contributed by atoms with E-state index in [2.05, 4.69) is 17.1 Å². The van der Waals surface area contributed by atoms with Crippen molar-refractivity contribution in [1.29, 1.82) is 0 Å². The molecule has 2 atom stereocenters. The van der Waals surface area contributed by atoms with Gasteiger partial charge in [0, 0.05) is 6.04 Å². The molecule has 3 aliphatic rings. The van der Waals surface area contributed by atoms with Gasteiger partial charge in [-0.05, 0) is 51.6 Å². The Morgan fingerprint density at radius 3 is 2.29 bits per heavy atom. The van der Waals surface area contributed by atoms with E-state index < -0.39 is 0 Å². The third-order valence-corrected chi connectivity index (χ3v) is 4.61. The van der Waals surface area contributed by atoms with Crippen molar-refractivity contribution in [3.63, 3.8) is 0 Å². The summed E-state index contributed by atoms with van der Waals surface area (Å²) in [6.45, 7) is 2.39. The minimum atomic E-state index is -0.127. The van der Waals surface area contributed by atoms with Crippen LogP contribution in [0.25, 0.3) is 0 Å². The molecule has 0 aromatic rings. The van der Waals surface area contributed by atoms with Crippen LogP contribution in [0.4, 0.5) is 0 Å². The monoisotopic (exact) mass is 233 g/mol. The molecule has 2 heteroatoms. The average molecular weight is 233 g/mol. The van der Waals surface area contributed by atoms with E-state index in [1.54, 1.807) is 5.57 Å². The zero-order valence-electron chi connectivity index (χ0n) is 10.6. The van der Waals surface area contributed by atoms with Crippen LogP contribution >= 0.6 is 0 Å². The highest BCUT2D eigenvalue weighted by molar-refractivity contribution is 5.28. The second-order valence-electron chi connectivity index (χ2n) is 5.73. The van der Waals surface area contributed by atoms with E-state index in [1.165, 1.54) is 37.9 Å². The summed E-state index contributed by atoms with van der Waals surface area (Å²) in [5, 5.41) is 10.4. The Hall–Kier alpha value is -0.600. The van der Waals surface area contributed by atoms with E-state index in [1.807, 2.05) is 0 Å². The number of allylic oxidation sites excluding steroid dienone is 2. The van der Waals surface area contributed by atoms with E-state index in [-0.39, 0.29) is 6.10 Å². The Morgan fingerprint density at radius 2 is 1.59 bits per heavy atom. The summed E-state index contributed by atoms with van der Waals surface area (Å²) in [5.74, 6) is 0. The number of aliphatic hydroxyl groups excluding tert-OH is 1. The summed E-state index contributed by atoms with van der Waals surface area (Å²) in [6, 6.07) is 0.403. The van der Waals surface area contributed by atoms with Gasteiger partial charge in [-0.2, -0.15) is 0 Å². The number of piperidine rings is 1. The molecule has 0 spiro atoms. The summed E-state index contributed by atoms with van der Waals surface area (Å²) in [5.41, 5.74) is 3.14. The molecule has 0 saturated carbocycles. The molecule has 17 heavy (non-hydrogen) atoms. The Balaban J connectivity index is 1.72. The molecule has 0 radical (unpaired) electrons. The zero-order chi connectivity index (χ0) is 11.7. The predicted octanol–water partition coefficient (Wildman–Crippen LogP) is 2.64. The van der Waals surface area contributed by atoms with Crippen LogP contribution in [0.3, 0.4) is 0 Å². The Bertz CT molecular complexity index is 339. The van der Waals surface area contributed by atoms with Gasteiger partial charge in [-0.15, -0.1) is 0 Å². The molecule has 0 aromatic carbocycles.